The average molecular weight is 361 g/mol. The maximum atomic E-state index is 4.43. The van der Waals surface area contributed by atoms with Crippen LogP contribution in [-0.4, -0.2) is 34.8 Å². The summed E-state index contributed by atoms with van der Waals surface area (Å²) >= 11 is 0. The number of fused-ring (bicyclic) bond motifs is 1. The molecular formula is C22H27N5. The van der Waals surface area contributed by atoms with Crippen molar-refractivity contribution in [3.05, 3.63) is 59.9 Å². The molecule has 0 spiro atoms. The first-order valence-corrected chi connectivity index (χ1v) is 9.63. The lowest BCUT2D eigenvalue weighted by Crippen LogP contribution is -2.51. The molecule has 1 aliphatic rings. The number of nitrogens with zero attached hydrogens (tertiary/aromatic N) is 4. The number of hydrogen-bond acceptors (Lipinski definition) is 5. The van der Waals surface area contributed by atoms with Gasteiger partial charge >= 0.3 is 0 Å². The highest BCUT2D eigenvalue weighted by Gasteiger charge is 2.28. The van der Waals surface area contributed by atoms with E-state index in [0.29, 0.717) is 5.92 Å². The third-order valence-corrected chi connectivity index (χ3v) is 5.19. The molecule has 1 N–H and O–H groups in total. The summed E-state index contributed by atoms with van der Waals surface area (Å²) in [6.45, 7) is 10.4. The van der Waals surface area contributed by atoms with E-state index < -0.39 is 0 Å². The quantitative estimate of drug-likeness (QED) is 0.753. The van der Waals surface area contributed by atoms with E-state index in [9.17, 15) is 0 Å². The number of anilines is 1. The molecule has 0 aliphatic carbocycles. The first-order valence-electron chi connectivity index (χ1n) is 9.63. The molecule has 4 rings (SSSR count). The van der Waals surface area contributed by atoms with Gasteiger partial charge in [-0.15, -0.1) is 5.10 Å². The Morgan fingerprint density at radius 1 is 1.04 bits per heavy atom. The van der Waals surface area contributed by atoms with Crippen molar-refractivity contribution in [3.8, 4) is 0 Å². The molecule has 5 heteroatoms. The summed E-state index contributed by atoms with van der Waals surface area (Å²) in [6, 6.07) is 14.6. The summed E-state index contributed by atoms with van der Waals surface area (Å²) in [5.41, 5.74) is 3.45. The first-order chi connectivity index (χ1) is 13.0. The molecule has 1 aromatic carbocycles. The van der Waals surface area contributed by atoms with Gasteiger partial charge in [0.15, 0.2) is 5.82 Å². The molecule has 1 fully saturated rings. The van der Waals surface area contributed by atoms with E-state index in [0.717, 1.165) is 43.2 Å². The lowest BCUT2D eigenvalue weighted by atomic mass is 9.92. The fourth-order valence-corrected chi connectivity index (χ4v) is 3.50. The number of pyridine rings is 1. The van der Waals surface area contributed by atoms with Crippen molar-refractivity contribution < 1.29 is 0 Å². The number of nitrogens with one attached hydrogen (secondary N) is 1. The predicted molar refractivity (Wildman–Crippen MR) is 110 cm³/mol. The summed E-state index contributed by atoms with van der Waals surface area (Å²) in [6.07, 6.45) is 1.89. The van der Waals surface area contributed by atoms with Crippen LogP contribution in [0.25, 0.3) is 10.9 Å². The minimum absolute atomic E-state index is 0.0457. The van der Waals surface area contributed by atoms with Crippen LogP contribution in [0.5, 0.6) is 0 Å². The fraction of sp³-hybridized carbons (Fsp3) is 0.409. The third-order valence-electron chi connectivity index (χ3n) is 5.19. The zero-order chi connectivity index (χ0) is 18.9. The Labute approximate surface area is 160 Å². The van der Waals surface area contributed by atoms with Crippen LogP contribution in [0.4, 0.5) is 5.82 Å². The second kappa shape index (κ2) is 7.24. The van der Waals surface area contributed by atoms with Crippen LogP contribution in [0, 0.1) is 5.92 Å². The van der Waals surface area contributed by atoms with Gasteiger partial charge in [0.05, 0.1) is 11.2 Å². The van der Waals surface area contributed by atoms with Crippen molar-refractivity contribution in [2.45, 2.75) is 32.7 Å². The molecular weight excluding hydrogens is 334 g/mol. The molecule has 5 nitrogen and oxygen atoms in total. The number of aromatic nitrogens is 3. The van der Waals surface area contributed by atoms with Crippen molar-refractivity contribution in [3.63, 3.8) is 0 Å². The standard InChI is InChI=1S/C22H27N5/c1-22(2,3)20-8-9-21(26-25-20)27-14-16(15-27)12-23-13-17-10-11-24-19-7-5-4-6-18(17)19/h4-11,16,23H,12-15H2,1-3H3. The minimum Gasteiger partial charge on any atom is -0.354 e. The Kier molecular flexibility index (Phi) is 4.79. The Hall–Kier alpha value is -2.53. The van der Waals surface area contributed by atoms with Crippen molar-refractivity contribution in [1.82, 2.24) is 20.5 Å². The van der Waals surface area contributed by atoms with Crippen LogP contribution in [0.3, 0.4) is 0 Å². The van der Waals surface area contributed by atoms with Gasteiger partial charge in [-0.2, -0.15) is 5.10 Å². The monoisotopic (exact) mass is 361 g/mol. The average Bonchev–Trinajstić information content (AvgIpc) is 2.63. The van der Waals surface area contributed by atoms with E-state index in [4.69, 9.17) is 0 Å². The zero-order valence-electron chi connectivity index (χ0n) is 16.3. The van der Waals surface area contributed by atoms with Crippen molar-refractivity contribution in [2.24, 2.45) is 5.92 Å². The molecule has 27 heavy (non-hydrogen) atoms. The molecule has 3 heterocycles. The van der Waals surface area contributed by atoms with Gasteiger partial charge in [0.2, 0.25) is 0 Å². The molecule has 0 bridgehead atoms. The highest BCUT2D eigenvalue weighted by atomic mass is 15.3. The van der Waals surface area contributed by atoms with Crippen LogP contribution in [-0.2, 0) is 12.0 Å². The van der Waals surface area contributed by atoms with E-state index in [1.165, 1.54) is 10.9 Å². The van der Waals surface area contributed by atoms with Gasteiger partial charge in [-0.25, -0.2) is 0 Å². The van der Waals surface area contributed by atoms with Crippen LogP contribution >= 0.6 is 0 Å². The molecule has 1 aliphatic heterocycles. The summed E-state index contributed by atoms with van der Waals surface area (Å²) in [7, 11) is 0. The lowest BCUT2D eigenvalue weighted by molar-refractivity contribution is 0.381. The zero-order valence-corrected chi connectivity index (χ0v) is 16.3. The van der Waals surface area contributed by atoms with E-state index in [2.05, 4.69) is 82.6 Å². The molecule has 0 amide bonds. The van der Waals surface area contributed by atoms with Gasteiger partial charge in [0.1, 0.15) is 0 Å². The van der Waals surface area contributed by atoms with Crippen LogP contribution in [0.15, 0.2) is 48.7 Å². The Morgan fingerprint density at radius 3 is 2.59 bits per heavy atom. The van der Waals surface area contributed by atoms with Gasteiger partial charge in [-0.1, -0.05) is 39.0 Å². The maximum absolute atomic E-state index is 4.43. The highest BCUT2D eigenvalue weighted by molar-refractivity contribution is 5.81. The van der Waals surface area contributed by atoms with Crippen molar-refractivity contribution in [1.29, 1.82) is 0 Å². The molecule has 0 unspecified atom stereocenters. The summed E-state index contributed by atoms with van der Waals surface area (Å²) in [5.74, 6) is 1.64. The third kappa shape index (κ3) is 3.93. The van der Waals surface area contributed by atoms with Gasteiger partial charge in [0, 0.05) is 49.1 Å². The predicted octanol–water partition coefficient (Wildman–Crippen LogP) is 3.55. The van der Waals surface area contributed by atoms with Crippen LogP contribution < -0.4 is 10.2 Å². The fourth-order valence-electron chi connectivity index (χ4n) is 3.50. The first kappa shape index (κ1) is 17.9. The molecule has 0 atom stereocenters. The molecule has 2 aromatic heterocycles. The summed E-state index contributed by atoms with van der Waals surface area (Å²) in [4.78, 5) is 6.73. The molecule has 1 saturated heterocycles. The molecule has 3 aromatic rings. The van der Waals surface area contributed by atoms with Gasteiger partial charge in [-0.05, 0) is 29.8 Å². The van der Waals surface area contributed by atoms with E-state index in [-0.39, 0.29) is 5.41 Å². The molecule has 0 saturated carbocycles. The van der Waals surface area contributed by atoms with Crippen LogP contribution in [0.1, 0.15) is 32.0 Å². The Balaban J connectivity index is 1.27. The SMILES string of the molecule is CC(C)(C)c1ccc(N2CC(CNCc3ccnc4ccccc34)C2)nn1. The molecule has 140 valence electrons. The number of hydrogen-bond donors (Lipinski definition) is 1. The maximum Gasteiger partial charge on any atom is 0.151 e. The van der Waals surface area contributed by atoms with Gasteiger partial charge < -0.3 is 10.2 Å². The second-order valence-corrected chi connectivity index (χ2v) is 8.42. The van der Waals surface area contributed by atoms with Crippen molar-refractivity contribution in [2.75, 3.05) is 24.5 Å². The van der Waals surface area contributed by atoms with Crippen molar-refractivity contribution >= 4 is 16.7 Å². The Morgan fingerprint density at radius 2 is 1.85 bits per heavy atom. The smallest absolute Gasteiger partial charge is 0.151 e. The number of para-hydroxylation sites is 1. The summed E-state index contributed by atoms with van der Waals surface area (Å²) < 4.78 is 0. The Bertz CT molecular complexity index is 903. The van der Waals surface area contributed by atoms with E-state index >= 15 is 0 Å². The second-order valence-electron chi connectivity index (χ2n) is 8.42. The number of rotatable bonds is 5. The van der Waals surface area contributed by atoms with E-state index in [1.54, 1.807) is 0 Å². The normalized spacial score (nSPS) is 15.1. The van der Waals surface area contributed by atoms with Crippen LogP contribution in [0.2, 0.25) is 0 Å². The minimum atomic E-state index is 0.0457. The molecule has 0 radical (unpaired) electrons. The number of benzene rings is 1. The lowest BCUT2D eigenvalue weighted by Gasteiger charge is -2.40. The van der Waals surface area contributed by atoms with Gasteiger partial charge in [-0.3, -0.25) is 4.98 Å². The topological polar surface area (TPSA) is 53.9 Å². The van der Waals surface area contributed by atoms with E-state index in [1.807, 2.05) is 12.3 Å². The van der Waals surface area contributed by atoms with Gasteiger partial charge in [0.25, 0.3) is 0 Å². The highest BCUT2D eigenvalue weighted by Crippen LogP contribution is 2.25. The summed E-state index contributed by atoms with van der Waals surface area (Å²) in [5, 5.41) is 13.6. The largest absolute Gasteiger partial charge is 0.354 e.